The van der Waals surface area contributed by atoms with Gasteiger partial charge in [-0.25, -0.2) is 4.98 Å². The molecule has 0 fully saturated rings. The number of alkyl halides is 3. The van der Waals surface area contributed by atoms with E-state index in [1.165, 1.54) is 6.20 Å². The van der Waals surface area contributed by atoms with E-state index in [1.54, 1.807) is 11.7 Å². The molecule has 2 aromatic heterocycles. The predicted molar refractivity (Wildman–Crippen MR) is 75.2 cm³/mol. The summed E-state index contributed by atoms with van der Waals surface area (Å²) in [6.07, 6.45) is -0.383. The molecule has 2 heterocycles. The number of hydrogen-bond acceptors (Lipinski definition) is 4. The molecule has 21 heavy (non-hydrogen) atoms. The maximum absolute atomic E-state index is 12.7. The molecular formula is C13H17F3N4S. The van der Waals surface area contributed by atoms with Gasteiger partial charge < -0.3 is 5.32 Å². The van der Waals surface area contributed by atoms with E-state index in [4.69, 9.17) is 0 Å². The molecule has 0 spiro atoms. The lowest BCUT2D eigenvalue weighted by atomic mass is 10.1. The highest BCUT2D eigenvalue weighted by atomic mass is 32.1. The van der Waals surface area contributed by atoms with Gasteiger partial charge in [-0.05, 0) is 19.9 Å². The van der Waals surface area contributed by atoms with Crippen LogP contribution < -0.4 is 5.32 Å². The Hall–Kier alpha value is -1.41. The molecule has 0 aliphatic carbocycles. The van der Waals surface area contributed by atoms with Gasteiger partial charge in [-0.1, -0.05) is 6.92 Å². The summed E-state index contributed by atoms with van der Waals surface area (Å²) in [6, 6.07) is -0.313. The molecule has 0 radical (unpaired) electrons. The minimum atomic E-state index is -4.40. The van der Waals surface area contributed by atoms with Crippen LogP contribution in [0.25, 0.3) is 0 Å². The number of nitrogens with one attached hydrogen (secondary N) is 1. The summed E-state index contributed by atoms with van der Waals surface area (Å²) in [6.45, 7) is 4.56. The Morgan fingerprint density at radius 3 is 2.62 bits per heavy atom. The number of aryl methyl sites for hydroxylation is 2. The van der Waals surface area contributed by atoms with Gasteiger partial charge in [0.05, 0.1) is 11.7 Å². The van der Waals surface area contributed by atoms with E-state index in [0.717, 1.165) is 17.7 Å². The van der Waals surface area contributed by atoms with Crippen LogP contribution in [0.5, 0.6) is 0 Å². The van der Waals surface area contributed by atoms with Crippen molar-refractivity contribution < 1.29 is 13.2 Å². The van der Waals surface area contributed by atoms with Gasteiger partial charge in [0.25, 0.3) is 0 Å². The zero-order valence-corrected chi connectivity index (χ0v) is 12.8. The highest BCUT2D eigenvalue weighted by Gasteiger charge is 2.35. The summed E-state index contributed by atoms with van der Waals surface area (Å²) in [7, 11) is 1.79. The molecule has 8 heteroatoms. The van der Waals surface area contributed by atoms with Gasteiger partial charge in [0, 0.05) is 29.9 Å². The van der Waals surface area contributed by atoms with Crippen LogP contribution in [0.15, 0.2) is 12.4 Å². The van der Waals surface area contributed by atoms with E-state index in [1.807, 2.05) is 20.0 Å². The van der Waals surface area contributed by atoms with E-state index < -0.39 is 11.2 Å². The molecule has 1 unspecified atom stereocenters. The van der Waals surface area contributed by atoms with Crippen LogP contribution in [0.3, 0.4) is 0 Å². The van der Waals surface area contributed by atoms with Gasteiger partial charge in [0.2, 0.25) is 0 Å². The second-order valence-electron chi connectivity index (χ2n) is 4.80. The smallest absolute Gasteiger partial charge is 0.305 e. The molecule has 1 atom stereocenters. The molecule has 1 N–H and O–H groups in total. The van der Waals surface area contributed by atoms with Crippen molar-refractivity contribution in [2.45, 2.75) is 32.5 Å². The standard InChI is InChI=1S/C13H17F3N4S/c1-4-5-17-11(9-7-20(3)19-8(9)2)10-6-18-12(21-10)13(14,15)16/h6-7,11,17H,4-5H2,1-3H3. The lowest BCUT2D eigenvalue weighted by molar-refractivity contribution is -0.137. The van der Waals surface area contributed by atoms with Gasteiger partial charge in [0.1, 0.15) is 0 Å². The van der Waals surface area contributed by atoms with Crippen molar-refractivity contribution in [3.63, 3.8) is 0 Å². The minimum absolute atomic E-state index is 0.313. The maximum Gasteiger partial charge on any atom is 0.443 e. The number of hydrogen-bond donors (Lipinski definition) is 1. The van der Waals surface area contributed by atoms with Gasteiger partial charge in [-0.2, -0.15) is 18.3 Å². The first-order chi connectivity index (χ1) is 9.82. The lowest BCUT2D eigenvalue weighted by Gasteiger charge is -2.16. The highest BCUT2D eigenvalue weighted by Crippen LogP contribution is 2.36. The Bertz CT molecular complexity index is 603. The summed E-state index contributed by atoms with van der Waals surface area (Å²) in [5, 5.41) is 6.71. The summed E-state index contributed by atoms with van der Waals surface area (Å²) in [4.78, 5) is 4.05. The van der Waals surface area contributed by atoms with Crippen LogP contribution >= 0.6 is 11.3 Å². The topological polar surface area (TPSA) is 42.7 Å². The molecule has 0 aromatic carbocycles. The van der Waals surface area contributed by atoms with Crippen LogP contribution in [-0.4, -0.2) is 21.3 Å². The largest absolute Gasteiger partial charge is 0.443 e. The maximum atomic E-state index is 12.7. The van der Waals surface area contributed by atoms with Crippen LogP contribution in [0.4, 0.5) is 13.2 Å². The normalized spacial score (nSPS) is 13.6. The quantitative estimate of drug-likeness (QED) is 0.920. The first kappa shape index (κ1) is 16.0. The van der Waals surface area contributed by atoms with Crippen molar-refractivity contribution >= 4 is 11.3 Å². The molecular weight excluding hydrogens is 301 g/mol. The third kappa shape index (κ3) is 3.62. The SMILES string of the molecule is CCCNC(c1cnc(C(F)(F)F)s1)c1cn(C)nc1C. The average Bonchev–Trinajstić information content (AvgIpc) is 2.97. The van der Waals surface area contributed by atoms with E-state index in [9.17, 15) is 13.2 Å². The monoisotopic (exact) mass is 318 g/mol. The fourth-order valence-electron chi connectivity index (χ4n) is 2.10. The Kier molecular flexibility index (Phi) is 4.67. The van der Waals surface area contributed by atoms with Gasteiger partial charge in [-0.15, -0.1) is 11.3 Å². The van der Waals surface area contributed by atoms with Crippen molar-refractivity contribution in [1.29, 1.82) is 0 Å². The van der Waals surface area contributed by atoms with Crippen molar-refractivity contribution in [3.8, 4) is 0 Å². The Morgan fingerprint density at radius 1 is 1.43 bits per heavy atom. The molecule has 0 saturated heterocycles. The molecule has 0 aliphatic rings. The van der Waals surface area contributed by atoms with Crippen molar-refractivity contribution in [1.82, 2.24) is 20.1 Å². The van der Waals surface area contributed by atoms with Gasteiger partial charge in [-0.3, -0.25) is 4.68 Å². The molecule has 4 nitrogen and oxygen atoms in total. The molecule has 2 aromatic rings. The second-order valence-corrected chi connectivity index (χ2v) is 5.86. The van der Waals surface area contributed by atoms with Crippen LogP contribution in [0.2, 0.25) is 0 Å². The summed E-state index contributed by atoms with van der Waals surface area (Å²) in [5.74, 6) is 0. The number of aromatic nitrogens is 3. The molecule has 2 rings (SSSR count). The Labute approximate surface area is 125 Å². The van der Waals surface area contributed by atoms with E-state index in [0.29, 0.717) is 22.8 Å². The zero-order valence-electron chi connectivity index (χ0n) is 12.0. The number of rotatable bonds is 5. The van der Waals surface area contributed by atoms with E-state index >= 15 is 0 Å². The average molecular weight is 318 g/mol. The molecule has 0 saturated carbocycles. The first-order valence-corrected chi connectivity index (χ1v) is 7.41. The summed E-state index contributed by atoms with van der Waals surface area (Å²) < 4.78 is 39.8. The summed E-state index contributed by atoms with van der Waals surface area (Å²) in [5.41, 5.74) is 1.68. The lowest BCUT2D eigenvalue weighted by Crippen LogP contribution is -2.22. The molecule has 116 valence electrons. The van der Waals surface area contributed by atoms with Crippen LogP contribution in [-0.2, 0) is 13.2 Å². The third-order valence-corrected chi connectivity index (χ3v) is 4.12. The van der Waals surface area contributed by atoms with Crippen LogP contribution in [0, 0.1) is 6.92 Å². The number of thiazole rings is 1. The first-order valence-electron chi connectivity index (χ1n) is 6.59. The number of halogens is 3. The van der Waals surface area contributed by atoms with Crippen LogP contribution in [0.1, 0.15) is 40.5 Å². The predicted octanol–water partition coefficient (Wildman–Crippen LogP) is 3.29. The van der Waals surface area contributed by atoms with Gasteiger partial charge >= 0.3 is 6.18 Å². The van der Waals surface area contributed by atoms with E-state index in [-0.39, 0.29) is 6.04 Å². The third-order valence-electron chi connectivity index (χ3n) is 3.01. The summed E-state index contributed by atoms with van der Waals surface area (Å²) >= 11 is 0.676. The van der Waals surface area contributed by atoms with Gasteiger partial charge in [0.15, 0.2) is 5.01 Å². The highest BCUT2D eigenvalue weighted by molar-refractivity contribution is 7.11. The molecule has 0 aliphatic heterocycles. The Morgan fingerprint density at radius 2 is 2.14 bits per heavy atom. The fraction of sp³-hybridized carbons (Fsp3) is 0.538. The fourth-order valence-corrected chi connectivity index (χ4v) is 2.98. The van der Waals surface area contributed by atoms with Crippen molar-refractivity contribution in [3.05, 3.63) is 33.5 Å². The van der Waals surface area contributed by atoms with Crippen molar-refractivity contribution in [2.24, 2.45) is 7.05 Å². The van der Waals surface area contributed by atoms with E-state index in [2.05, 4.69) is 15.4 Å². The molecule has 0 bridgehead atoms. The van der Waals surface area contributed by atoms with Crippen molar-refractivity contribution in [2.75, 3.05) is 6.54 Å². The minimum Gasteiger partial charge on any atom is -0.305 e. The molecule has 0 amide bonds. The zero-order chi connectivity index (χ0) is 15.6. The second kappa shape index (κ2) is 6.15. The number of nitrogens with zero attached hydrogens (tertiary/aromatic N) is 3. The Balaban J connectivity index is 2.36.